The van der Waals surface area contributed by atoms with Gasteiger partial charge in [-0.15, -0.1) is 11.3 Å². The molecule has 1 aromatic rings. The summed E-state index contributed by atoms with van der Waals surface area (Å²) in [5, 5.41) is 9.05. The molecule has 5 nitrogen and oxygen atoms in total. The van der Waals surface area contributed by atoms with E-state index in [1.54, 1.807) is 6.07 Å². The molecule has 1 fully saturated rings. The summed E-state index contributed by atoms with van der Waals surface area (Å²) in [6.45, 7) is 0.189. The second-order valence-electron chi connectivity index (χ2n) is 4.55. The first kappa shape index (κ1) is 15.0. The molecule has 0 aromatic carbocycles. The van der Waals surface area contributed by atoms with E-state index in [2.05, 4.69) is 20.7 Å². The highest BCUT2D eigenvalue weighted by Gasteiger charge is 2.33. The zero-order valence-electron chi connectivity index (χ0n) is 10.0. The molecule has 0 spiro atoms. The van der Waals surface area contributed by atoms with Gasteiger partial charge in [0.25, 0.3) is 0 Å². The molecule has 0 aliphatic heterocycles. The molecular weight excluding hydrogens is 354 g/mol. The predicted molar refractivity (Wildman–Crippen MR) is 75.7 cm³/mol. The van der Waals surface area contributed by atoms with E-state index >= 15 is 0 Å². The number of aliphatic carboxylic acids is 1. The number of thiophene rings is 1. The van der Waals surface area contributed by atoms with E-state index in [0.717, 1.165) is 28.0 Å². The SMILES string of the molecule is O=C(O)C1CCCC1CNS(=O)(=O)c1ccc(Br)s1. The predicted octanol–water partition coefficient (Wildman–Crippen LogP) is 2.29. The van der Waals surface area contributed by atoms with E-state index in [1.807, 2.05) is 0 Å². The molecule has 2 unspecified atom stereocenters. The zero-order valence-corrected chi connectivity index (χ0v) is 13.2. The van der Waals surface area contributed by atoms with Crippen molar-refractivity contribution >= 4 is 43.3 Å². The van der Waals surface area contributed by atoms with E-state index in [4.69, 9.17) is 5.11 Å². The van der Waals surface area contributed by atoms with Crippen LogP contribution in [0.5, 0.6) is 0 Å². The minimum Gasteiger partial charge on any atom is -0.481 e. The van der Waals surface area contributed by atoms with Crippen LogP contribution in [0.3, 0.4) is 0 Å². The van der Waals surface area contributed by atoms with Gasteiger partial charge in [-0.05, 0) is 46.8 Å². The number of carbonyl (C=O) groups is 1. The van der Waals surface area contributed by atoms with Crippen LogP contribution in [0, 0.1) is 11.8 Å². The zero-order chi connectivity index (χ0) is 14.0. The molecule has 0 bridgehead atoms. The molecule has 1 aliphatic rings. The molecule has 2 rings (SSSR count). The van der Waals surface area contributed by atoms with E-state index in [9.17, 15) is 13.2 Å². The van der Waals surface area contributed by atoms with Crippen molar-refractivity contribution in [3.63, 3.8) is 0 Å². The molecule has 2 N–H and O–H groups in total. The number of rotatable bonds is 5. The highest BCUT2D eigenvalue weighted by atomic mass is 79.9. The van der Waals surface area contributed by atoms with Crippen molar-refractivity contribution in [2.75, 3.05) is 6.54 Å². The van der Waals surface area contributed by atoms with Crippen molar-refractivity contribution < 1.29 is 18.3 Å². The van der Waals surface area contributed by atoms with Crippen molar-refractivity contribution in [1.29, 1.82) is 0 Å². The number of nitrogens with one attached hydrogen (secondary N) is 1. The molecule has 0 radical (unpaired) electrons. The topological polar surface area (TPSA) is 83.5 Å². The Morgan fingerprint density at radius 1 is 1.47 bits per heavy atom. The summed E-state index contributed by atoms with van der Waals surface area (Å²) >= 11 is 4.35. The maximum Gasteiger partial charge on any atom is 0.306 e. The molecule has 1 saturated carbocycles. The second-order valence-corrected chi connectivity index (χ2v) is 9.00. The molecular formula is C11H14BrNO4S2. The minimum absolute atomic E-state index is 0.115. The van der Waals surface area contributed by atoms with Crippen LogP contribution in [0.15, 0.2) is 20.1 Å². The fraction of sp³-hybridized carbons (Fsp3) is 0.545. The van der Waals surface area contributed by atoms with Crippen molar-refractivity contribution in [3.8, 4) is 0 Å². The van der Waals surface area contributed by atoms with Crippen LogP contribution in [0.2, 0.25) is 0 Å². The van der Waals surface area contributed by atoms with Crippen LogP contribution >= 0.6 is 27.3 Å². The number of carboxylic acid groups (broad SMARTS) is 1. The Morgan fingerprint density at radius 2 is 2.21 bits per heavy atom. The summed E-state index contributed by atoms with van der Waals surface area (Å²) < 4.78 is 27.5. The first-order valence-corrected chi connectivity index (χ1v) is 8.97. The van der Waals surface area contributed by atoms with Crippen LogP contribution in [0.4, 0.5) is 0 Å². The van der Waals surface area contributed by atoms with Crippen LogP contribution in [0.1, 0.15) is 19.3 Å². The second kappa shape index (κ2) is 5.90. The lowest BCUT2D eigenvalue weighted by atomic mass is 9.97. The molecule has 1 aromatic heterocycles. The molecule has 0 amide bonds. The third-order valence-corrected chi connectivity index (χ3v) is 6.86. The third-order valence-electron chi connectivity index (χ3n) is 3.33. The van der Waals surface area contributed by atoms with E-state index in [0.29, 0.717) is 6.42 Å². The van der Waals surface area contributed by atoms with E-state index < -0.39 is 21.9 Å². The summed E-state index contributed by atoms with van der Waals surface area (Å²) in [7, 11) is -3.53. The Hall–Kier alpha value is -0.440. The first-order valence-electron chi connectivity index (χ1n) is 5.88. The van der Waals surface area contributed by atoms with Gasteiger partial charge in [-0.1, -0.05) is 6.42 Å². The molecule has 1 aliphatic carbocycles. The third kappa shape index (κ3) is 3.56. The van der Waals surface area contributed by atoms with Gasteiger partial charge in [0.15, 0.2) is 0 Å². The monoisotopic (exact) mass is 367 g/mol. The number of halogens is 1. The highest BCUT2D eigenvalue weighted by Crippen LogP contribution is 2.32. The normalized spacial score (nSPS) is 23.6. The van der Waals surface area contributed by atoms with E-state index in [1.165, 1.54) is 6.07 Å². The Bertz CT molecular complexity index is 569. The van der Waals surface area contributed by atoms with Crippen LogP contribution in [-0.4, -0.2) is 26.0 Å². The largest absolute Gasteiger partial charge is 0.481 e. The standard InChI is InChI=1S/C11H14BrNO4S2/c12-9-4-5-10(18-9)19(16,17)13-6-7-2-1-3-8(7)11(14)15/h4-5,7-8,13H,1-3,6H2,(H,14,15). The van der Waals surface area contributed by atoms with Gasteiger partial charge in [-0.25, -0.2) is 13.1 Å². The fourth-order valence-corrected chi connectivity index (χ4v) is 5.49. The Morgan fingerprint density at radius 3 is 2.79 bits per heavy atom. The molecule has 19 heavy (non-hydrogen) atoms. The van der Waals surface area contributed by atoms with Crippen molar-refractivity contribution in [1.82, 2.24) is 4.72 Å². The summed E-state index contributed by atoms with van der Waals surface area (Å²) in [4.78, 5) is 11.0. The number of sulfonamides is 1. The van der Waals surface area contributed by atoms with Gasteiger partial charge in [-0.3, -0.25) is 4.79 Å². The maximum atomic E-state index is 12.0. The highest BCUT2D eigenvalue weighted by molar-refractivity contribution is 9.11. The van der Waals surface area contributed by atoms with Gasteiger partial charge >= 0.3 is 5.97 Å². The van der Waals surface area contributed by atoms with Gasteiger partial charge in [0.1, 0.15) is 4.21 Å². The number of hydrogen-bond acceptors (Lipinski definition) is 4. The van der Waals surface area contributed by atoms with Crippen molar-refractivity contribution in [3.05, 3.63) is 15.9 Å². The van der Waals surface area contributed by atoms with Gasteiger partial charge < -0.3 is 5.11 Å². The lowest BCUT2D eigenvalue weighted by molar-refractivity contribution is -0.142. The Labute approximate surface area is 124 Å². The van der Waals surface area contributed by atoms with E-state index in [-0.39, 0.29) is 16.7 Å². The van der Waals surface area contributed by atoms with Gasteiger partial charge in [0.05, 0.1) is 9.70 Å². The molecule has 1 heterocycles. The Balaban J connectivity index is 2.00. The molecule has 0 saturated heterocycles. The molecule has 8 heteroatoms. The van der Waals surface area contributed by atoms with Crippen LogP contribution in [-0.2, 0) is 14.8 Å². The number of carboxylic acids is 1. The van der Waals surface area contributed by atoms with Gasteiger partial charge in [0.2, 0.25) is 10.0 Å². The average Bonchev–Trinajstić information content (AvgIpc) is 2.94. The lowest BCUT2D eigenvalue weighted by Gasteiger charge is -2.15. The summed E-state index contributed by atoms with van der Waals surface area (Å²) in [6.07, 6.45) is 2.23. The smallest absolute Gasteiger partial charge is 0.306 e. The van der Waals surface area contributed by atoms with Crippen LogP contribution in [0.25, 0.3) is 0 Å². The van der Waals surface area contributed by atoms with Crippen molar-refractivity contribution in [2.45, 2.75) is 23.5 Å². The van der Waals surface area contributed by atoms with Crippen LogP contribution < -0.4 is 4.72 Å². The molecule has 106 valence electrons. The minimum atomic E-state index is -3.53. The molecule has 2 atom stereocenters. The average molecular weight is 368 g/mol. The number of hydrogen-bond donors (Lipinski definition) is 2. The Kier molecular flexibility index (Phi) is 4.65. The summed E-state index contributed by atoms with van der Waals surface area (Å²) in [6, 6.07) is 3.20. The van der Waals surface area contributed by atoms with Gasteiger partial charge in [0, 0.05) is 6.54 Å². The fourth-order valence-electron chi connectivity index (χ4n) is 2.34. The lowest BCUT2D eigenvalue weighted by Crippen LogP contribution is -2.32. The quantitative estimate of drug-likeness (QED) is 0.835. The van der Waals surface area contributed by atoms with Crippen molar-refractivity contribution in [2.24, 2.45) is 11.8 Å². The van der Waals surface area contributed by atoms with Gasteiger partial charge in [-0.2, -0.15) is 0 Å². The first-order chi connectivity index (χ1) is 8.90. The summed E-state index contributed by atoms with van der Waals surface area (Å²) in [5.41, 5.74) is 0. The summed E-state index contributed by atoms with van der Waals surface area (Å²) in [5.74, 6) is -1.38. The maximum absolute atomic E-state index is 12.0.